The summed E-state index contributed by atoms with van der Waals surface area (Å²) in [7, 11) is 0. The molecule has 3 rings (SSSR count). The molecule has 0 amide bonds. The van der Waals surface area contributed by atoms with Crippen LogP contribution in [0.5, 0.6) is 0 Å². The number of rotatable bonds is 1. The number of fused-ring (bicyclic) bond motifs is 2. The second-order valence-corrected chi connectivity index (χ2v) is 7.64. The van der Waals surface area contributed by atoms with Crippen LogP contribution in [0.2, 0.25) is 0 Å². The molecule has 0 aromatic rings. The van der Waals surface area contributed by atoms with Gasteiger partial charge in [0, 0.05) is 12.0 Å². The zero-order chi connectivity index (χ0) is 18.2. The Morgan fingerprint density at radius 2 is 2.12 bits per heavy atom. The van der Waals surface area contributed by atoms with Crippen LogP contribution in [0.25, 0.3) is 0 Å². The van der Waals surface area contributed by atoms with Gasteiger partial charge in [0.25, 0.3) is 0 Å². The average molecular weight is 348 g/mol. The van der Waals surface area contributed by atoms with Crippen molar-refractivity contribution in [3.8, 4) is 0 Å². The predicted octanol–water partition coefficient (Wildman–Crippen LogP) is 2.58. The smallest absolute Gasteiger partial charge is 0.334 e. The van der Waals surface area contributed by atoms with E-state index >= 15 is 0 Å². The number of carbonyl (C=O) groups excluding carboxylic acids is 1. The molecule has 0 bridgehead atoms. The lowest BCUT2D eigenvalue weighted by molar-refractivity contribution is -0.138. The molecule has 1 saturated heterocycles. The maximum atomic E-state index is 12.0. The second-order valence-electron chi connectivity index (χ2n) is 7.64. The Kier molecular flexibility index (Phi) is 5.19. The van der Waals surface area contributed by atoms with Crippen LogP contribution in [0.1, 0.15) is 52.9 Å². The third kappa shape index (κ3) is 3.89. The zero-order valence-corrected chi connectivity index (χ0v) is 15.2. The van der Waals surface area contributed by atoms with Crippen molar-refractivity contribution in [1.29, 1.82) is 0 Å². The van der Waals surface area contributed by atoms with Gasteiger partial charge in [0.2, 0.25) is 0 Å². The van der Waals surface area contributed by atoms with Crippen LogP contribution >= 0.6 is 0 Å². The van der Waals surface area contributed by atoms with Gasteiger partial charge in [-0.05, 0) is 63.7 Å². The van der Waals surface area contributed by atoms with Gasteiger partial charge in [0.05, 0.1) is 24.4 Å². The van der Waals surface area contributed by atoms with Gasteiger partial charge in [-0.2, -0.15) is 0 Å². The number of allylic oxidation sites excluding steroid dienone is 2. The van der Waals surface area contributed by atoms with Crippen molar-refractivity contribution in [3.05, 3.63) is 34.4 Å². The Hall–Kier alpha value is -1.43. The Bertz CT molecular complexity index is 644. The van der Waals surface area contributed by atoms with Gasteiger partial charge in [-0.1, -0.05) is 11.6 Å². The molecule has 25 heavy (non-hydrogen) atoms. The molecule has 3 aliphatic rings. The van der Waals surface area contributed by atoms with Crippen LogP contribution in [0.3, 0.4) is 0 Å². The van der Waals surface area contributed by atoms with Gasteiger partial charge in [-0.15, -0.1) is 0 Å². The number of ether oxygens (including phenoxy) is 2. The number of epoxide rings is 1. The van der Waals surface area contributed by atoms with Crippen molar-refractivity contribution < 1.29 is 24.5 Å². The molecule has 0 saturated carbocycles. The van der Waals surface area contributed by atoms with Crippen molar-refractivity contribution in [2.75, 3.05) is 6.61 Å². The third-order valence-electron chi connectivity index (χ3n) is 5.71. The summed E-state index contributed by atoms with van der Waals surface area (Å²) in [5, 5.41) is 20.2. The highest BCUT2D eigenvalue weighted by Crippen LogP contribution is 2.44. The minimum Gasteiger partial charge on any atom is -0.450 e. The molecule has 2 aliphatic heterocycles. The summed E-state index contributed by atoms with van der Waals surface area (Å²) < 4.78 is 11.3. The van der Waals surface area contributed by atoms with E-state index in [1.165, 1.54) is 0 Å². The summed E-state index contributed by atoms with van der Waals surface area (Å²) in [6.45, 7) is 5.71. The first-order valence-electron chi connectivity index (χ1n) is 9.07. The molecule has 0 aromatic heterocycles. The Morgan fingerprint density at radius 1 is 1.36 bits per heavy atom. The fraction of sp³-hybridized carbons (Fsp3) is 0.650. The van der Waals surface area contributed by atoms with Crippen molar-refractivity contribution >= 4 is 5.97 Å². The highest BCUT2D eigenvalue weighted by molar-refractivity contribution is 5.92. The van der Waals surface area contributed by atoms with E-state index in [4.69, 9.17) is 9.47 Å². The Balaban J connectivity index is 1.88. The van der Waals surface area contributed by atoms with E-state index in [1.807, 2.05) is 19.1 Å². The van der Waals surface area contributed by atoms with Crippen LogP contribution in [0, 0.1) is 0 Å². The van der Waals surface area contributed by atoms with Gasteiger partial charge in [-0.25, -0.2) is 4.79 Å². The first-order valence-corrected chi connectivity index (χ1v) is 9.07. The van der Waals surface area contributed by atoms with Crippen molar-refractivity contribution in [2.45, 2.75) is 76.8 Å². The highest BCUT2D eigenvalue weighted by atomic mass is 16.6. The maximum Gasteiger partial charge on any atom is 0.334 e. The molecule has 2 heterocycles. The van der Waals surface area contributed by atoms with Crippen molar-refractivity contribution in [1.82, 2.24) is 0 Å². The fourth-order valence-corrected chi connectivity index (χ4v) is 3.79. The zero-order valence-electron chi connectivity index (χ0n) is 15.2. The van der Waals surface area contributed by atoms with Crippen molar-refractivity contribution in [2.24, 2.45) is 0 Å². The number of aliphatic hydroxyl groups is 2. The van der Waals surface area contributed by atoms with E-state index < -0.39 is 12.2 Å². The third-order valence-corrected chi connectivity index (χ3v) is 5.71. The summed E-state index contributed by atoms with van der Waals surface area (Å²) in [6, 6.07) is 0. The standard InChI is InChI=1S/C20H28O5/c1-12-6-7-18-20(3,25-18)8-4-5-14(11-21)16(22)10-15-13(2)19(23)24-17(15)9-12/h5,9,16-18,21-22H,4,6-8,10-11H2,1-3H3/b12-9+,14-5+/t16?,17-,18-,20-/m0/s1. The second kappa shape index (κ2) is 7.06. The monoisotopic (exact) mass is 348 g/mol. The molecule has 4 atom stereocenters. The van der Waals surface area contributed by atoms with Crippen molar-refractivity contribution in [3.63, 3.8) is 0 Å². The van der Waals surface area contributed by atoms with Crippen LogP contribution in [0.4, 0.5) is 0 Å². The van der Waals surface area contributed by atoms with Crippen LogP contribution in [-0.2, 0) is 14.3 Å². The van der Waals surface area contributed by atoms with E-state index in [1.54, 1.807) is 6.92 Å². The van der Waals surface area contributed by atoms with Crippen LogP contribution < -0.4 is 0 Å². The summed E-state index contributed by atoms with van der Waals surface area (Å²) in [4.78, 5) is 12.0. The molecule has 1 fully saturated rings. The normalized spacial score (nSPS) is 40.8. The highest BCUT2D eigenvalue weighted by Gasteiger charge is 2.50. The number of esters is 1. The maximum absolute atomic E-state index is 12.0. The Morgan fingerprint density at radius 3 is 2.84 bits per heavy atom. The minimum atomic E-state index is -0.813. The number of hydrogen-bond acceptors (Lipinski definition) is 5. The molecular weight excluding hydrogens is 320 g/mol. The van der Waals surface area contributed by atoms with Gasteiger partial charge in [0.15, 0.2) is 0 Å². The first kappa shape index (κ1) is 18.4. The summed E-state index contributed by atoms with van der Waals surface area (Å²) >= 11 is 0. The molecule has 1 unspecified atom stereocenters. The SMILES string of the molecule is CC1=C2CC(O)/C(CO)=C/CC[C@]3(C)O[C@H]3CC/C(C)=C/[C@@H]2OC1=O. The number of aliphatic hydroxyl groups excluding tert-OH is 2. The number of hydrogen-bond donors (Lipinski definition) is 2. The van der Waals surface area contributed by atoms with Gasteiger partial charge >= 0.3 is 5.97 Å². The van der Waals surface area contributed by atoms with Gasteiger partial charge in [-0.3, -0.25) is 0 Å². The molecule has 0 aromatic carbocycles. The molecular formula is C20H28O5. The topological polar surface area (TPSA) is 79.3 Å². The average Bonchev–Trinajstić information content (AvgIpc) is 3.15. The van der Waals surface area contributed by atoms with E-state index in [9.17, 15) is 15.0 Å². The molecule has 5 nitrogen and oxygen atoms in total. The van der Waals surface area contributed by atoms with E-state index in [-0.39, 0.29) is 24.3 Å². The summed E-state index contributed by atoms with van der Waals surface area (Å²) in [5.41, 5.74) is 3.02. The molecule has 138 valence electrons. The largest absolute Gasteiger partial charge is 0.450 e. The predicted molar refractivity (Wildman–Crippen MR) is 93.9 cm³/mol. The fourth-order valence-electron chi connectivity index (χ4n) is 3.79. The molecule has 2 N–H and O–H groups in total. The minimum absolute atomic E-state index is 0.103. The van der Waals surface area contributed by atoms with Crippen LogP contribution in [-0.4, -0.2) is 46.7 Å². The van der Waals surface area contributed by atoms with Crippen LogP contribution in [0.15, 0.2) is 34.4 Å². The first-order chi connectivity index (χ1) is 11.8. The molecule has 5 heteroatoms. The lowest BCUT2D eigenvalue weighted by atomic mass is 9.91. The molecule has 0 radical (unpaired) electrons. The lowest BCUT2D eigenvalue weighted by Gasteiger charge is -2.18. The summed E-state index contributed by atoms with van der Waals surface area (Å²) in [6.07, 6.45) is 6.69. The van der Waals surface area contributed by atoms with E-state index in [0.29, 0.717) is 17.6 Å². The molecule has 0 spiro atoms. The molecule has 1 aliphatic carbocycles. The quantitative estimate of drug-likeness (QED) is 0.432. The van der Waals surface area contributed by atoms with Gasteiger partial charge in [0.1, 0.15) is 6.10 Å². The van der Waals surface area contributed by atoms with E-state index in [2.05, 4.69) is 6.92 Å². The lowest BCUT2D eigenvalue weighted by Crippen LogP contribution is -2.19. The number of carbonyl (C=O) groups is 1. The van der Waals surface area contributed by atoms with E-state index in [0.717, 1.165) is 36.8 Å². The summed E-state index contributed by atoms with van der Waals surface area (Å²) in [5.74, 6) is -0.326. The Labute approximate surface area is 149 Å². The van der Waals surface area contributed by atoms with Gasteiger partial charge < -0.3 is 19.7 Å².